The van der Waals surface area contributed by atoms with E-state index < -0.39 is 0 Å². The molecule has 0 saturated heterocycles. The smallest absolute Gasteiger partial charge is 0 e. The maximum atomic E-state index is 7.50. The molecule has 0 spiro atoms. The number of hydrogen-bond acceptors (Lipinski definition) is 0. The van der Waals surface area contributed by atoms with Gasteiger partial charge in [-0.1, -0.05) is 18.1 Å². The van der Waals surface area contributed by atoms with Gasteiger partial charge in [0, 0.05) is 23.0 Å². The fourth-order valence-corrected chi connectivity index (χ4v) is 1.75. The monoisotopic (exact) mass is 324 g/mol. The van der Waals surface area contributed by atoms with E-state index in [-0.39, 0.29) is 17.1 Å². The summed E-state index contributed by atoms with van der Waals surface area (Å²) >= 11 is 0. The Labute approximate surface area is 139 Å². The Balaban J connectivity index is -0.000000255. The molecule has 1 radical (unpaired) electrons. The minimum Gasteiger partial charge on any atom is -0.184 e. The van der Waals surface area contributed by atoms with Crippen LogP contribution in [-0.4, -0.2) is 0 Å². The molecule has 0 aromatic heterocycles. The molecule has 21 heavy (non-hydrogen) atoms. The third-order valence-corrected chi connectivity index (χ3v) is 3.42. The zero-order chi connectivity index (χ0) is 16.1. The SMILES string of the molecule is C[C]1C(C)=C(C)C(C)=C1C.[C-]#[O+].[C-]#[O+].[Fe].[c-]1ccccc1. The van der Waals surface area contributed by atoms with E-state index in [1.807, 2.05) is 30.3 Å². The summed E-state index contributed by atoms with van der Waals surface area (Å²) in [7, 11) is 0. The van der Waals surface area contributed by atoms with E-state index in [2.05, 4.69) is 54.0 Å². The number of benzene rings is 1. The predicted molar refractivity (Wildman–Crippen MR) is 78.8 cm³/mol. The van der Waals surface area contributed by atoms with E-state index in [1.54, 1.807) is 0 Å². The summed E-state index contributed by atoms with van der Waals surface area (Å²) in [6.07, 6.45) is 0. The fourth-order valence-electron chi connectivity index (χ4n) is 1.75. The van der Waals surface area contributed by atoms with Gasteiger partial charge in [0.2, 0.25) is 0 Å². The Bertz CT molecular complexity index is 425. The molecule has 1 aliphatic rings. The van der Waals surface area contributed by atoms with Crippen LogP contribution in [0.5, 0.6) is 0 Å². The van der Waals surface area contributed by atoms with E-state index in [9.17, 15) is 0 Å². The van der Waals surface area contributed by atoms with Gasteiger partial charge in [-0.25, -0.2) is 0 Å². The first-order chi connectivity index (χ1) is 9.55. The third kappa shape index (κ3) is 8.55. The molecule has 1 aromatic carbocycles. The minimum atomic E-state index is 0. The normalized spacial score (nSPS) is 12.6. The summed E-state index contributed by atoms with van der Waals surface area (Å²) in [5, 5.41) is 0. The summed E-state index contributed by atoms with van der Waals surface area (Å²) < 4.78 is 15.0. The van der Waals surface area contributed by atoms with E-state index in [1.165, 1.54) is 28.2 Å². The van der Waals surface area contributed by atoms with Crippen molar-refractivity contribution in [1.82, 2.24) is 0 Å². The Hall–Kier alpha value is -1.30. The van der Waals surface area contributed by atoms with Crippen LogP contribution in [0.3, 0.4) is 0 Å². The molecule has 0 bridgehead atoms. The van der Waals surface area contributed by atoms with E-state index >= 15 is 0 Å². The van der Waals surface area contributed by atoms with Gasteiger partial charge in [0.15, 0.2) is 0 Å². The van der Waals surface area contributed by atoms with Gasteiger partial charge in [0.1, 0.15) is 0 Å². The van der Waals surface area contributed by atoms with Crippen LogP contribution in [0.15, 0.2) is 52.6 Å². The van der Waals surface area contributed by atoms with Gasteiger partial charge in [-0.05, 0) is 38.8 Å². The van der Waals surface area contributed by atoms with Crippen molar-refractivity contribution in [2.45, 2.75) is 34.6 Å². The van der Waals surface area contributed by atoms with Crippen molar-refractivity contribution < 1.29 is 26.4 Å². The molecular formula is C18H20FeO2-. The first-order valence-corrected chi connectivity index (χ1v) is 6.07. The zero-order valence-corrected chi connectivity index (χ0v) is 14.2. The Morgan fingerprint density at radius 2 is 1.00 bits per heavy atom. The van der Waals surface area contributed by atoms with Gasteiger partial charge >= 0.3 is 22.6 Å². The average molecular weight is 324 g/mol. The quantitative estimate of drug-likeness (QED) is 0.378. The van der Waals surface area contributed by atoms with Crippen LogP contribution in [-0.2, 0) is 26.4 Å². The first kappa shape index (κ1) is 24.7. The summed E-state index contributed by atoms with van der Waals surface area (Å²) in [4.78, 5) is 0. The zero-order valence-electron chi connectivity index (χ0n) is 13.1. The van der Waals surface area contributed by atoms with Crippen LogP contribution in [0.25, 0.3) is 0 Å². The molecule has 2 rings (SSSR count). The average Bonchev–Trinajstić information content (AvgIpc) is 2.71. The molecule has 1 aliphatic carbocycles. The van der Waals surface area contributed by atoms with Crippen LogP contribution in [0, 0.1) is 25.3 Å². The largest absolute Gasteiger partial charge is 0.184 e. The summed E-state index contributed by atoms with van der Waals surface area (Å²) in [6.45, 7) is 20.0. The van der Waals surface area contributed by atoms with Gasteiger partial charge in [0.05, 0.1) is 0 Å². The van der Waals surface area contributed by atoms with Crippen LogP contribution < -0.4 is 0 Å². The van der Waals surface area contributed by atoms with Crippen molar-refractivity contribution in [1.29, 1.82) is 0 Å². The van der Waals surface area contributed by atoms with Gasteiger partial charge in [-0.15, -0.1) is 0 Å². The molecule has 0 amide bonds. The predicted octanol–water partition coefficient (Wildman–Crippen LogP) is 4.68. The van der Waals surface area contributed by atoms with Gasteiger partial charge in [-0.3, -0.25) is 0 Å². The van der Waals surface area contributed by atoms with Gasteiger partial charge in [0.25, 0.3) is 0 Å². The maximum Gasteiger partial charge on any atom is 0 e. The van der Waals surface area contributed by atoms with Crippen molar-refractivity contribution in [3.63, 3.8) is 0 Å². The number of rotatable bonds is 0. The van der Waals surface area contributed by atoms with Crippen LogP contribution in [0.4, 0.5) is 0 Å². The minimum absolute atomic E-state index is 0. The van der Waals surface area contributed by atoms with Crippen molar-refractivity contribution in [3.05, 3.63) is 77.9 Å². The van der Waals surface area contributed by atoms with Crippen molar-refractivity contribution in [2.75, 3.05) is 0 Å². The standard InChI is InChI=1S/C10H15.C6H5.2CO.Fe/c1-6-7(2)9(4)10(5)8(6)3;1-2-4-6-5-3-1;2*1-2;/h1-5H3;1-5H;;;/q;-1;;;. The molecular weight excluding hydrogens is 304 g/mol. The molecule has 1 aromatic rings. The molecule has 2 nitrogen and oxygen atoms in total. The molecule has 0 saturated carbocycles. The molecule has 0 aliphatic heterocycles. The topological polar surface area (TPSA) is 39.8 Å². The molecule has 0 N–H and O–H groups in total. The van der Waals surface area contributed by atoms with Crippen LogP contribution >= 0.6 is 0 Å². The van der Waals surface area contributed by atoms with E-state index in [4.69, 9.17) is 9.30 Å². The molecule has 0 unspecified atom stereocenters. The number of allylic oxidation sites excluding steroid dienone is 4. The van der Waals surface area contributed by atoms with Crippen molar-refractivity contribution in [2.24, 2.45) is 0 Å². The molecule has 0 fully saturated rings. The summed E-state index contributed by atoms with van der Waals surface area (Å²) in [5.74, 6) is 1.47. The van der Waals surface area contributed by atoms with Crippen molar-refractivity contribution >= 4 is 0 Å². The first-order valence-electron chi connectivity index (χ1n) is 6.07. The van der Waals surface area contributed by atoms with Gasteiger partial charge in [-0.2, -0.15) is 36.4 Å². The Morgan fingerprint density at radius 3 is 1.10 bits per heavy atom. The molecule has 113 valence electrons. The molecule has 0 atom stereocenters. The second-order valence-corrected chi connectivity index (χ2v) is 4.20. The second kappa shape index (κ2) is 15.1. The maximum absolute atomic E-state index is 7.50. The summed E-state index contributed by atoms with van der Waals surface area (Å²) in [6, 6.07) is 12.5. The Morgan fingerprint density at radius 1 is 0.667 bits per heavy atom. The molecule has 3 heteroatoms. The number of hydrogen-bond donors (Lipinski definition) is 0. The van der Waals surface area contributed by atoms with E-state index in [0.717, 1.165) is 0 Å². The molecule has 0 heterocycles. The fraction of sp³-hybridized carbons (Fsp3) is 0.278. The van der Waals surface area contributed by atoms with Crippen molar-refractivity contribution in [3.8, 4) is 0 Å². The van der Waals surface area contributed by atoms with Crippen LogP contribution in [0.2, 0.25) is 0 Å². The summed E-state index contributed by atoms with van der Waals surface area (Å²) in [5.41, 5.74) is 5.87. The Kier molecular flexibility index (Phi) is 17.8. The van der Waals surface area contributed by atoms with Gasteiger partial charge < -0.3 is 0 Å². The van der Waals surface area contributed by atoms with Crippen LogP contribution in [0.1, 0.15) is 34.6 Å². The second-order valence-electron chi connectivity index (χ2n) is 4.20. The van der Waals surface area contributed by atoms with E-state index in [0.29, 0.717) is 0 Å². The third-order valence-electron chi connectivity index (χ3n) is 3.42.